The molecule has 0 radical (unpaired) electrons. The van der Waals surface area contributed by atoms with Crippen molar-refractivity contribution in [3.05, 3.63) is 0 Å². The smallest absolute Gasteiger partial charge is 0.412 e. The van der Waals surface area contributed by atoms with E-state index in [9.17, 15) is 0 Å². The Morgan fingerprint density at radius 3 is 1.25 bits per heavy atom. The molecular formula is H2NOS2+. The van der Waals surface area contributed by atoms with E-state index < -0.39 is 0 Å². The van der Waals surface area contributed by atoms with Gasteiger partial charge in [-0.05, 0) is 0 Å². The Labute approximate surface area is 34.5 Å². The van der Waals surface area contributed by atoms with Crippen LogP contribution in [0.5, 0.6) is 0 Å². The van der Waals surface area contributed by atoms with Crippen molar-refractivity contribution in [2.75, 3.05) is 0 Å². The number of hydrogen-bond acceptors (Lipinski definition) is 2. The van der Waals surface area contributed by atoms with E-state index in [0.717, 1.165) is 0 Å². The van der Waals surface area contributed by atoms with Crippen LogP contribution in [-0.2, 0) is 24.9 Å². The van der Waals surface area contributed by atoms with Gasteiger partial charge in [-0.2, -0.15) is 0 Å². The summed E-state index contributed by atoms with van der Waals surface area (Å²) >= 11 is 7.67. The largest absolute Gasteiger partial charge is 0.445 e. The van der Waals surface area contributed by atoms with Crippen molar-refractivity contribution in [1.82, 2.24) is 3.41 Å². The van der Waals surface area contributed by atoms with Crippen molar-refractivity contribution >= 4 is 24.9 Å². The monoisotopic (exact) mass is 96.0 g/mol. The summed E-state index contributed by atoms with van der Waals surface area (Å²) in [5.41, 5.74) is 0. The molecule has 0 amide bonds. The molecule has 4 heavy (non-hydrogen) atoms. The van der Waals surface area contributed by atoms with E-state index in [0.29, 0.717) is 0 Å². The molecule has 24 valence electrons. The van der Waals surface area contributed by atoms with Crippen molar-refractivity contribution in [2.24, 2.45) is 0 Å². The van der Waals surface area contributed by atoms with Crippen LogP contribution in [0.4, 0.5) is 0 Å². The molecule has 0 unspecified atom stereocenters. The minimum Gasteiger partial charge on any atom is -0.412 e. The van der Waals surface area contributed by atoms with Crippen molar-refractivity contribution in [3.63, 3.8) is 0 Å². The van der Waals surface area contributed by atoms with Gasteiger partial charge >= 0.3 is 24.9 Å². The highest BCUT2D eigenvalue weighted by Crippen LogP contribution is 0.787. The summed E-state index contributed by atoms with van der Waals surface area (Å²) in [6.45, 7) is 0. The highest BCUT2D eigenvalue weighted by molar-refractivity contribution is 7.55. The molecular weight excluding hydrogens is 94.1 g/mol. The second-order valence-electron chi connectivity index (χ2n) is 0.0745. The molecule has 0 fully saturated rings. The topological polar surface area (TPSA) is 45.6 Å². The first-order chi connectivity index (χ1) is 1.41. The zero-order valence-corrected chi connectivity index (χ0v) is 3.40. The molecule has 0 heterocycles. The normalized spacial score (nSPS) is 2.00. The molecule has 0 aromatic heterocycles. The molecule has 0 rings (SSSR count). The van der Waals surface area contributed by atoms with E-state index in [1.54, 1.807) is 0 Å². The van der Waals surface area contributed by atoms with E-state index in [2.05, 4.69) is 28.3 Å². The number of nitrogens with zero attached hydrogens (tertiary/aromatic N) is 1. The fourth-order valence-electron chi connectivity index (χ4n) is 0. The first kappa shape index (κ1) is 8.93. The Kier molecular flexibility index (Phi) is 25.1. The van der Waals surface area contributed by atoms with Crippen LogP contribution in [0, 0.1) is 0 Å². The maximum Gasteiger partial charge on any atom is 0.445 e. The van der Waals surface area contributed by atoms with Crippen molar-refractivity contribution in [1.29, 1.82) is 0 Å². The third kappa shape index (κ3) is 215. The van der Waals surface area contributed by atoms with Gasteiger partial charge in [0.25, 0.3) is 0 Å². The van der Waals surface area contributed by atoms with Crippen LogP contribution in [-0.4, -0.2) is 5.48 Å². The first-order valence-electron chi connectivity index (χ1n) is 0.365. The van der Waals surface area contributed by atoms with Crippen LogP contribution in [0.25, 0.3) is 0 Å². The lowest BCUT2D eigenvalue weighted by Gasteiger charge is -0.736. The molecule has 0 aromatic carbocycles. The molecule has 4 heteroatoms. The van der Waals surface area contributed by atoms with Gasteiger partial charge < -0.3 is 5.48 Å². The quantitative estimate of drug-likeness (QED) is 0.351. The van der Waals surface area contributed by atoms with Gasteiger partial charge in [0.05, 0.1) is 0 Å². The maximum atomic E-state index is 3.83. The summed E-state index contributed by atoms with van der Waals surface area (Å²) in [7, 11) is 0. The summed E-state index contributed by atoms with van der Waals surface area (Å²) in [6.07, 6.45) is 0. The average molecular weight is 96.2 g/mol. The second-order valence-corrected chi connectivity index (χ2v) is 0.671. The van der Waals surface area contributed by atoms with Gasteiger partial charge in [0.15, 0.2) is 0 Å². The lowest BCUT2D eigenvalue weighted by molar-refractivity contribution is 0.824. The summed E-state index contributed by atoms with van der Waals surface area (Å²) in [6, 6.07) is 0. The van der Waals surface area contributed by atoms with Gasteiger partial charge in [-0.1, -0.05) is 0 Å². The molecule has 0 aliphatic heterocycles. The van der Waals surface area contributed by atoms with Gasteiger partial charge in [0.2, 0.25) is 0 Å². The lowest BCUT2D eigenvalue weighted by atomic mass is 14.0. The molecule has 2 N–H and O–H groups in total. The predicted octanol–water partition coefficient (Wildman–Crippen LogP) is -1.31. The van der Waals surface area contributed by atoms with Crippen LogP contribution >= 0.6 is 0 Å². The van der Waals surface area contributed by atoms with Crippen LogP contribution in [0.1, 0.15) is 0 Å². The lowest BCUT2D eigenvalue weighted by Crippen LogP contribution is -1.27. The van der Waals surface area contributed by atoms with Crippen LogP contribution in [0.15, 0.2) is 0 Å². The summed E-state index contributed by atoms with van der Waals surface area (Å²) in [4.78, 5) is 0. The minimum atomic E-state index is 0. The van der Waals surface area contributed by atoms with Crippen molar-refractivity contribution in [2.45, 2.75) is 0 Å². The third-order valence-corrected chi connectivity index (χ3v) is 0. The highest BCUT2D eigenvalue weighted by atomic mass is 32.1. The molecule has 0 saturated heterocycles. The van der Waals surface area contributed by atoms with E-state index in [1.165, 1.54) is 0 Å². The molecule has 0 spiro atoms. The second kappa shape index (κ2) is 11.2. The van der Waals surface area contributed by atoms with Gasteiger partial charge in [-0.3, -0.25) is 0 Å². The molecule has 0 saturated carbocycles. The van der Waals surface area contributed by atoms with E-state index in [1.807, 2.05) is 0 Å². The van der Waals surface area contributed by atoms with Crippen molar-refractivity contribution < 1.29 is 5.48 Å². The van der Waals surface area contributed by atoms with Crippen molar-refractivity contribution in [3.8, 4) is 0 Å². The minimum absolute atomic E-state index is 0. The van der Waals surface area contributed by atoms with E-state index in [4.69, 9.17) is 0 Å². The maximum absolute atomic E-state index is 3.83. The van der Waals surface area contributed by atoms with Gasteiger partial charge in [0.1, 0.15) is 3.41 Å². The molecule has 0 aliphatic rings. The zero-order chi connectivity index (χ0) is 2.71. The Hall–Kier alpha value is 0.110. The Morgan fingerprint density at radius 2 is 1.25 bits per heavy atom. The fourth-order valence-corrected chi connectivity index (χ4v) is 0. The first-order valence-corrected chi connectivity index (χ1v) is 1.10. The predicted molar refractivity (Wildman–Crippen MR) is 20.5 cm³/mol. The SMILES string of the molecule is O.S=[N+]=S. The molecule has 2 nitrogen and oxygen atoms in total. The average Bonchev–Trinajstić information content (AvgIpc) is 0.918. The third-order valence-electron chi connectivity index (χ3n) is 0. The van der Waals surface area contributed by atoms with Gasteiger partial charge in [0, 0.05) is 0 Å². The van der Waals surface area contributed by atoms with Crippen LogP contribution in [0.3, 0.4) is 0 Å². The fraction of sp³-hybridized carbons (Fsp3) is 0. The van der Waals surface area contributed by atoms with Gasteiger partial charge in [-0.15, -0.1) is 0 Å². The van der Waals surface area contributed by atoms with E-state index in [-0.39, 0.29) is 5.48 Å². The molecule has 0 aromatic rings. The zero-order valence-electron chi connectivity index (χ0n) is 1.76. The summed E-state index contributed by atoms with van der Waals surface area (Å²) in [5, 5.41) is 0. The number of hydrogen-bond donors (Lipinski definition) is 0. The van der Waals surface area contributed by atoms with Crippen LogP contribution in [0.2, 0.25) is 0 Å². The van der Waals surface area contributed by atoms with Gasteiger partial charge in [-0.25, -0.2) is 0 Å². The Bertz CT molecular complexity index is 27.0. The number of rotatable bonds is 0. The van der Waals surface area contributed by atoms with Crippen LogP contribution < -0.4 is 3.41 Å². The Balaban J connectivity index is 0. The Morgan fingerprint density at radius 1 is 1.25 bits per heavy atom. The van der Waals surface area contributed by atoms with E-state index >= 15 is 0 Å². The molecule has 0 bridgehead atoms. The summed E-state index contributed by atoms with van der Waals surface area (Å²) in [5.74, 6) is 0. The summed E-state index contributed by atoms with van der Waals surface area (Å²) < 4.78 is 2.67. The molecule has 0 atom stereocenters. The highest BCUT2D eigenvalue weighted by Gasteiger charge is 1.29. The molecule has 0 aliphatic carbocycles. The standard InChI is InChI=1S/NS2.H2O/c2-1-3;/h;1H2/q+1;.